The number of imide groups is 1. The lowest BCUT2D eigenvalue weighted by Crippen LogP contribution is -2.30. The van der Waals surface area contributed by atoms with Gasteiger partial charge in [0.15, 0.2) is 0 Å². The molecule has 1 aliphatic heterocycles. The molecule has 1 aliphatic rings. The summed E-state index contributed by atoms with van der Waals surface area (Å²) in [7, 11) is 0. The van der Waals surface area contributed by atoms with Crippen molar-refractivity contribution >= 4 is 17.5 Å². The van der Waals surface area contributed by atoms with Gasteiger partial charge in [0, 0.05) is 18.2 Å². The number of anilines is 1. The molecule has 2 rings (SSSR count). The molecule has 1 heterocycles. The number of nitrogens with one attached hydrogen (secondary N) is 1. The second-order valence-electron chi connectivity index (χ2n) is 4.26. The average Bonchev–Trinajstić information content (AvgIpc) is 2.61. The summed E-state index contributed by atoms with van der Waals surface area (Å²) in [5.41, 5.74) is 2.17. The van der Waals surface area contributed by atoms with Crippen LogP contribution in [-0.4, -0.2) is 18.4 Å². The Morgan fingerprint density at radius 2 is 2.06 bits per heavy atom. The fraction of sp³-hybridized carbons (Fsp3) is 0.286. The van der Waals surface area contributed by atoms with Crippen molar-refractivity contribution in [2.75, 3.05) is 11.4 Å². The fourth-order valence-electron chi connectivity index (χ4n) is 1.91. The highest BCUT2D eigenvalue weighted by Gasteiger charge is 2.29. The number of amides is 2. The predicted octanol–water partition coefficient (Wildman–Crippen LogP) is 1.62. The molecule has 0 atom stereocenters. The topological polar surface area (TPSA) is 49.4 Å². The number of hydrogen-bond acceptors (Lipinski definition) is 3. The van der Waals surface area contributed by atoms with E-state index in [1.807, 2.05) is 25.1 Å². The first-order valence-electron chi connectivity index (χ1n) is 6.00. The monoisotopic (exact) mass is 244 g/mol. The molecule has 2 amide bonds. The van der Waals surface area contributed by atoms with Crippen LogP contribution in [-0.2, 0) is 16.1 Å². The van der Waals surface area contributed by atoms with Crippen molar-refractivity contribution < 1.29 is 9.59 Å². The molecule has 0 fully saturated rings. The number of benzene rings is 1. The minimum absolute atomic E-state index is 0.236. The molecule has 1 aromatic rings. The molecular weight excluding hydrogens is 228 g/mol. The van der Waals surface area contributed by atoms with Gasteiger partial charge in [-0.05, 0) is 31.2 Å². The number of hydrogen-bond donors (Lipinski definition) is 1. The highest BCUT2D eigenvalue weighted by Crippen LogP contribution is 2.23. The highest BCUT2D eigenvalue weighted by atomic mass is 16.2. The Morgan fingerprint density at radius 3 is 2.67 bits per heavy atom. The van der Waals surface area contributed by atoms with E-state index in [1.54, 1.807) is 13.0 Å². The zero-order valence-corrected chi connectivity index (χ0v) is 10.6. The summed E-state index contributed by atoms with van der Waals surface area (Å²) in [6.45, 7) is 5.30. The van der Waals surface area contributed by atoms with Crippen molar-refractivity contribution in [1.29, 1.82) is 0 Å². The summed E-state index contributed by atoms with van der Waals surface area (Å²) in [5, 5.41) is 3.21. The van der Waals surface area contributed by atoms with Crippen LogP contribution in [0.4, 0.5) is 5.69 Å². The van der Waals surface area contributed by atoms with Gasteiger partial charge in [-0.1, -0.05) is 19.1 Å². The Labute approximate surface area is 106 Å². The van der Waals surface area contributed by atoms with E-state index < -0.39 is 0 Å². The van der Waals surface area contributed by atoms with Crippen LogP contribution in [0, 0.1) is 0 Å². The zero-order chi connectivity index (χ0) is 13.1. The third-order valence-corrected chi connectivity index (χ3v) is 2.85. The number of rotatable bonds is 4. The van der Waals surface area contributed by atoms with Crippen molar-refractivity contribution in [3.8, 4) is 0 Å². The molecule has 94 valence electrons. The van der Waals surface area contributed by atoms with E-state index >= 15 is 0 Å². The fourth-order valence-corrected chi connectivity index (χ4v) is 1.91. The SMILES string of the molecule is CCNCc1cccc(N2C(=O)C=C(C)C2=O)c1. The summed E-state index contributed by atoms with van der Waals surface area (Å²) >= 11 is 0. The van der Waals surface area contributed by atoms with Crippen molar-refractivity contribution in [1.82, 2.24) is 5.32 Å². The largest absolute Gasteiger partial charge is 0.313 e. The molecule has 1 aromatic carbocycles. The third kappa shape index (κ3) is 2.33. The van der Waals surface area contributed by atoms with Gasteiger partial charge in [-0.15, -0.1) is 0 Å². The van der Waals surface area contributed by atoms with Crippen molar-refractivity contribution in [2.45, 2.75) is 20.4 Å². The molecule has 0 saturated carbocycles. The average molecular weight is 244 g/mol. The number of nitrogens with zero attached hydrogens (tertiary/aromatic N) is 1. The normalized spacial score (nSPS) is 15.2. The molecule has 4 nitrogen and oxygen atoms in total. The van der Waals surface area contributed by atoms with E-state index in [2.05, 4.69) is 5.32 Å². The molecule has 1 N–H and O–H groups in total. The Balaban J connectivity index is 2.24. The minimum atomic E-state index is -0.266. The summed E-state index contributed by atoms with van der Waals surface area (Å²) < 4.78 is 0. The summed E-state index contributed by atoms with van der Waals surface area (Å²) in [6.07, 6.45) is 1.37. The van der Waals surface area contributed by atoms with Crippen LogP contribution in [0.25, 0.3) is 0 Å². The summed E-state index contributed by atoms with van der Waals surface area (Å²) in [5.74, 6) is -0.501. The Hall–Kier alpha value is -1.94. The van der Waals surface area contributed by atoms with Gasteiger partial charge in [-0.3, -0.25) is 9.59 Å². The van der Waals surface area contributed by atoms with E-state index in [0.29, 0.717) is 11.3 Å². The molecule has 0 aliphatic carbocycles. The molecule has 4 heteroatoms. The van der Waals surface area contributed by atoms with E-state index in [4.69, 9.17) is 0 Å². The van der Waals surface area contributed by atoms with Crippen LogP contribution in [0.15, 0.2) is 35.9 Å². The first-order valence-corrected chi connectivity index (χ1v) is 6.00. The van der Waals surface area contributed by atoms with Crippen LogP contribution >= 0.6 is 0 Å². The third-order valence-electron chi connectivity index (χ3n) is 2.85. The van der Waals surface area contributed by atoms with Crippen LogP contribution < -0.4 is 10.2 Å². The quantitative estimate of drug-likeness (QED) is 0.819. The van der Waals surface area contributed by atoms with Gasteiger partial charge >= 0.3 is 0 Å². The maximum Gasteiger partial charge on any atom is 0.261 e. The van der Waals surface area contributed by atoms with Gasteiger partial charge < -0.3 is 5.32 Å². The molecule has 0 aromatic heterocycles. The van der Waals surface area contributed by atoms with E-state index in [0.717, 1.165) is 18.7 Å². The van der Waals surface area contributed by atoms with Crippen molar-refractivity contribution in [3.63, 3.8) is 0 Å². The van der Waals surface area contributed by atoms with Gasteiger partial charge in [0.25, 0.3) is 11.8 Å². The van der Waals surface area contributed by atoms with Crippen LogP contribution in [0.2, 0.25) is 0 Å². The summed E-state index contributed by atoms with van der Waals surface area (Å²) in [6, 6.07) is 7.47. The smallest absolute Gasteiger partial charge is 0.261 e. The molecule has 0 spiro atoms. The Morgan fingerprint density at radius 1 is 1.28 bits per heavy atom. The summed E-state index contributed by atoms with van der Waals surface area (Å²) in [4.78, 5) is 24.8. The van der Waals surface area contributed by atoms with Crippen molar-refractivity contribution in [2.24, 2.45) is 0 Å². The van der Waals surface area contributed by atoms with Gasteiger partial charge in [0.2, 0.25) is 0 Å². The first-order chi connectivity index (χ1) is 8.63. The lowest BCUT2D eigenvalue weighted by molar-refractivity contribution is -0.120. The lowest BCUT2D eigenvalue weighted by atomic mass is 10.2. The molecule has 0 unspecified atom stereocenters. The lowest BCUT2D eigenvalue weighted by Gasteiger charge is -2.15. The number of carbonyl (C=O) groups is 2. The number of carbonyl (C=O) groups excluding carboxylic acids is 2. The first kappa shape index (κ1) is 12.5. The molecule has 18 heavy (non-hydrogen) atoms. The van der Waals surface area contributed by atoms with Gasteiger partial charge in [0.1, 0.15) is 0 Å². The van der Waals surface area contributed by atoms with Crippen molar-refractivity contribution in [3.05, 3.63) is 41.5 Å². The molecule has 0 bridgehead atoms. The molecule has 0 saturated heterocycles. The maximum absolute atomic E-state index is 11.9. The Bertz CT molecular complexity index is 520. The minimum Gasteiger partial charge on any atom is -0.313 e. The van der Waals surface area contributed by atoms with Crippen LogP contribution in [0.5, 0.6) is 0 Å². The van der Waals surface area contributed by atoms with E-state index in [-0.39, 0.29) is 11.8 Å². The predicted molar refractivity (Wildman–Crippen MR) is 70.1 cm³/mol. The van der Waals surface area contributed by atoms with Gasteiger partial charge in [0.05, 0.1) is 5.69 Å². The van der Waals surface area contributed by atoms with E-state index in [9.17, 15) is 9.59 Å². The highest BCUT2D eigenvalue weighted by molar-refractivity contribution is 6.30. The van der Waals surface area contributed by atoms with Gasteiger partial charge in [-0.25, -0.2) is 4.90 Å². The molecular formula is C14H16N2O2. The molecule has 0 radical (unpaired) electrons. The van der Waals surface area contributed by atoms with E-state index in [1.165, 1.54) is 11.0 Å². The second-order valence-corrected chi connectivity index (χ2v) is 4.26. The van der Waals surface area contributed by atoms with Crippen LogP contribution in [0.1, 0.15) is 19.4 Å². The maximum atomic E-state index is 11.9. The van der Waals surface area contributed by atoms with Gasteiger partial charge in [-0.2, -0.15) is 0 Å². The van der Waals surface area contributed by atoms with Crippen LogP contribution in [0.3, 0.4) is 0 Å². The Kier molecular flexibility index (Phi) is 3.58. The second kappa shape index (κ2) is 5.14. The zero-order valence-electron chi connectivity index (χ0n) is 10.6. The standard InChI is InChI=1S/C14H16N2O2/c1-3-15-9-11-5-4-6-12(8-11)16-13(17)7-10(2)14(16)18/h4-8,15H,3,9H2,1-2H3.